The van der Waals surface area contributed by atoms with Gasteiger partial charge in [-0.1, -0.05) is 230 Å². The molecule has 322 valence electrons. The average Bonchev–Trinajstić information content (AvgIpc) is 3.14. The minimum atomic E-state index is -0.0418. The van der Waals surface area contributed by atoms with Gasteiger partial charge in [0.15, 0.2) is 0 Å². The predicted molar refractivity (Wildman–Crippen MR) is 257 cm³/mol. The largest absolute Gasteiger partial charge is 0.462 e. The van der Waals surface area contributed by atoms with Crippen LogP contribution in [0.15, 0.2) is 130 Å². The number of unbranched alkanes of at least 4 members (excludes halogenated alkanes) is 12. The van der Waals surface area contributed by atoms with Crippen molar-refractivity contribution in [2.75, 3.05) is 0 Å². The number of ether oxygens (including phenoxy) is 1. The van der Waals surface area contributed by atoms with E-state index in [2.05, 4.69) is 161 Å². The summed E-state index contributed by atoms with van der Waals surface area (Å²) in [4.78, 5) is 12.7. The molecule has 2 heteroatoms. The summed E-state index contributed by atoms with van der Waals surface area (Å²) in [5.74, 6) is -0.0192. The number of esters is 1. The first-order chi connectivity index (χ1) is 27.6. The molecule has 1 atom stereocenters. The third-order valence-corrected chi connectivity index (χ3v) is 12.1. The summed E-state index contributed by atoms with van der Waals surface area (Å²) < 4.78 is 6.02. The van der Waals surface area contributed by atoms with Crippen LogP contribution in [0.25, 0.3) is 0 Å². The van der Waals surface area contributed by atoms with E-state index in [1.165, 1.54) is 129 Å². The fourth-order valence-electron chi connectivity index (χ4n) is 8.54. The molecule has 2 rings (SSSR count). The molecule has 58 heavy (non-hydrogen) atoms. The molecule has 0 N–H and O–H groups in total. The maximum absolute atomic E-state index is 12.7. The molecular formula is C56H86O2. The first kappa shape index (κ1) is 50.8. The van der Waals surface area contributed by atoms with Crippen LogP contribution < -0.4 is 0 Å². The molecule has 0 spiro atoms. The van der Waals surface area contributed by atoms with Crippen LogP contribution >= 0.6 is 0 Å². The molecular weight excluding hydrogens is 705 g/mol. The Morgan fingerprint density at radius 2 is 1.02 bits per heavy atom. The van der Waals surface area contributed by atoms with Gasteiger partial charge in [-0.05, 0) is 95.6 Å². The van der Waals surface area contributed by atoms with Gasteiger partial charge in [0, 0.05) is 12.8 Å². The molecule has 1 unspecified atom stereocenters. The lowest BCUT2D eigenvalue weighted by atomic mass is 9.71. The zero-order chi connectivity index (χ0) is 42.8. The number of hydrogen-bond donors (Lipinski definition) is 0. The second-order valence-electron chi connectivity index (χ2n) is 18.9. The molecule has 0 aliphatic heterocycles. The minimum absolute atomic E-state index is 0.0192. The minimum Gasteiger partial charge on any atom is -0.462 e. The van der Waals surface area contributed by atoms with Crippen LogP contribution in [-0.4, -0.2) is 12.1 Å². The number of allylic oxidation sites excluding steroid dienone is 21. The van der Waals surface area contributed by atoms with Gasteiger partial charge in [-0.2, -0.15) is 0 Å². The van der Waals surface area contributed by atoms with Gasteiger partial charge in [0.2, 0.25) is 0 Å². The molecule has 2 nitrogen and oxygen atoms in total. The average molecular weight is 791 g/mol. The fourth-order valence-corrected chi connectivity index (χ4v) is 8.54. The molecule has 0 saturated heterocycles. The van der Waals surface area contributed by atoms with E-state index in [0.29, 0.717) is 6.42 Å². The molecule has 0 fully saturated rings. The molecule has 0 aromatic rings. The van der Waals surface area contributed by atoms with Crippen LogP contribution in [0.5, 0.6) is 0 Å². The summed E-state index contributed by atoms with van der Waals surface area (Å²) in [5.41, 5.74) is 10.9. The maximum Gasteiger partial charge on any atom is 0.306 e. The quantitative estimate of drug-likeness (QED) is 0.0523. The van der Waals surface area contributed by atoms with Gasteiger partial charge < -0.3 is 4.74 Å². The standard InChI is InChI=1S/C56H86O2/c1-12-13-14-15-16-17-18-19-20-21-22-23-24-37-54(57)58-51-43-50(7)53(56(10,11)44-51)41-39-48(5)35-28-33-46(3)31-26-25-30-45(2)32-27-34-47(4)38-40-52-49(6)36-29-42-55(52,8)9/h25-28,30-35,38-41,51H,12-24,29,36-37,42-44H2,1-11H3/b26-25+,32-27+,33-28+,40-38+,41-39+,45-30+,46-31+,47-34+,48-35+. The van der Waals surface area contributed by atoms with Gasteiger partial charge in [-0.25, -0.2) is 0 Å². The van der Waals surface area contributed by atoms with Crippen molar-refractivity contribution in [3.05, 3.63) is 130 Å². The molecule has 0 heterocycles. The number of rotatable bonds is 25. The summed E-state index contributed by atoms with van der Waals surface area (Å²) in [7, 11) is 0. The van der Waals surface area contributed by atoms with E-state index in [4.69, 9.17) is 4.74 Å². The van der Waals surface area contributed by atoms with Crippen molar-refractivity contribution in [3.8, 4) is 0 Å². The second-order valence-corrected chi connectivity index (χ2v) is 18.9. The van der Waals surface area contributed by atoms with E-state index in [1.54, 1.807) is 5.57 Å². The summed E-state index contributed by atoms with van der Waals surface area (Å²) in [6.45, 7) is 24.7. The maximum atomic E-state index is 12.7. The van der Waals surface area contributed by atoms with Crippen LogP contribution in [-0.2, 0) is 9.53 Å². The lowest BCUT2D eigenvalue weighted by Crippen LogP contribution is -2.31. The lowest BCUT2D eigenvalue weighted by Gasteiger charge is -2.37. The SMILES string of the molecule is CCCCCCCCCCCCCCCC(=O)OC1CC(C)=C(/C=C/C(C)=C/C=C/C(C)=C/C=C/C=C(C)/C=C/C=C(C)/C=C/C2=C(C)CCCC2(C)C)C(C)(C)C1. The predicted octanol–water partition coefficient (Wildman–Crippen LogP) is 17.6. The lowest BCUT2D eigenvalue weighted by molar-refractivity contribution is -0.150. The van der Waals surface area contributed by atoms with Crippen molar-refractivity contribution in [2.45, 2.75) is 204 Å². The molecule has 0 amide bonds. The Bertz CT molecular complexity index is 1600. The summed E-state index contributed by atoms with van der Waals surface area (Å²) in [6.07, 6.45) is 53.6. The van der Waals surface area contributed by atoms with Crippen LogP contribution in [0.2, 0.25) is 0 Å². The van der Waals surface area contributed by atoms with E-state index < -0.39 is 0 Å². The van der Waals surface area contributed by atoms with Gasteiger partial charge in [0.25, 0.3) is 0 Å². The van der Waals surface area contributed by atoms with Gasteiger partial charge >= 0.3 is 5.97 Å². The van der Waals surface area contributed by atoms with Crippen molar-refractivity contribution >= 4 is 5.97 Å². The van der Waals surface area contributed by atoms with E-state index in [1.807, 2.05) is 0 Å². The van der Waals surface area contributed by atoms with E-state index >= 15 is 0 Å². The van der Waals surface area contributed by atoms with Crippen LogP contribution in [0.1, 0.15) is 198 Å². The van der Waals surface area contributed by atoms with Crippen molar-refractivity contribution in [2.24, 2.45) is 10.8 Å². The molecule has 0 aromatic heterocycles. The van der Waals surface area contributed by atoms with Crippen LogP contribution in [0, 0.1) is 10.8 Å². The number of carbonyl (C=O) groups excluding carboxylic acids is 1. The Kier molecular flexibility index (Phi) is 24.6. The highest BCUT2D eigenvalue weighted by atomic mass is 16.5. The van der Waals surface area contributed by atoms with E-state index in [0.717, 1.165) is 25.7 Å². The first-order valence-electron chi connectivity index (χ1n) is 23.3. The Morgan fingerprint density at radius 1 is 0.586 bits per heavy atom. The Balaban J connectivity index is 1.75. The molecule has 2 aliphatic rings. The zero-order valence-electron chi connectivity index (χ0n) is 39.4. The third kappa shape index (κ3) is 21.6. The normalized spacial score (nSPS) is 20.0. The fraction of sp³-hybridized carbons (Fsp3) is 0.589. The summed E-state index contributed by atoms with van der Waals surface area (Å²) in [6, 6.07) is 0. The van der Waals surface area contributed by atoms with Crippen molar-refractivity contribution in [3.63, 3.8) is 0 Å². The van der Waals surface area contributed by atoms with E-state index in [-0.39, 0.29) is 22.9 Å². The molecule has 2 aliphatic carbocycles. The van der Waals surface area contributed by atoms with Crippen molar-refractivity contribution < 1.29 is 9.53 Å². The Labute approximate surface area is 358 Å². The highest BCUT2D eigenvalue weighted by Gasteiger charge is 2.34. The number of carbonyl (C=O) groups is 1. The molecule has 0 radical (unpaired) electrons. The third-order valence-electron chi connectivity index (χ3n) is 12.1. The van der Waals surface area contributed by atoms with E-state index in [9.17, 15) is 4.79 Å². The summed E-state index contributed by atoms with van der Waals surface area (Å²) >= 11 is 0. The van der Waals surface area contributed by atoms with Crippen molar-refractivity contribution in [1.82, 2.24) is 0 Å². The summed E-state index contributed by atoms with van der Waals surface area (Å²) in [5, 5.41) is 0. The first-order valence-corrected chi connectivity index (χ1v) is 23.3. The highest BCUT2D eigenvalue weighted by molar-refractivity contribution is 5.69. The van der Waals surface area contributed by atoms with Crippen LogP contribution in [0.3, 0.4) is 0 Å². The molecule has 0 bridgehead atoms. The molecule has 0 saturated carbocycles. The van der Waals surface area contributed by atoms with Gasteiger partial charge in [0.1, 0.15) is 6.10 Å². The smallest absolute Gasteiger partial charge is 0.306 e. The number of hydrogen-bond acceptors (Lipinski definition) is 2. The van der Waals surface area contributed by atoms with Crippen molar-refractivity contribution in [1.29, 1.82) is 0 Å². The molecule has 0 aromatic carbocycles. The Morgan fingerprint density at radius 3 is 1.48 bits per heavy atom. The highest BCUT2D eigenvalue weighted by Crippen LogP contribution is 2.43. The van der Waals surface area contributed by atoms with Crippen LogP contribution in [0.4, 0.5) is 0 Å². The second kappa shape index (κ2) is 28.1. The van der Waals surface area contributed by atoms with Gasteiger partial charge in [-0.3, -0.25) is 4.79 Å². The van der Waals surface area contributed by atoms with Gasteiger partial charge in [-0.15, -0.1) is 0 Å². The van der Waals surface area contributed by atoms with Gasteiger partial charge in [0.05, 0.1) is 0 Å². The Hall–Kier alpha value is -3.39. The zero-order valence-corrected chi connectivity index (χ0v) is 39.4. The monoisotopic (exact) mass is 791 g/mol. The topological polar surface area (TPSA) is 26.3 Å².